The van der Waals surface area contributed by atoms with E-state index in [0.717, 1.165) is 61.8 Å². The van der Waals surface area contributed by atoms with Crippen LogP contribution in [0.3, 0.4) is 0 Å². The van der Waals surface area contributed by atoms with Crippen LogP contribution in [0.2, 0.25) is 0 Å². The molecule has 49 heavy (non-hydrogen) atoms. The number of fused-ring (bicyclic) bond motifs is 10. The monoisotopic (exact) mass is 722 g/mol. The van der Waals surface area contributed by atoms with Crippen molar-refractivity contribution in [2.24, 2.45) is 40.4 Å². The number of Topliss-reactive ketones (excluding diaryl/α,β-unsaturated/α-hetero) is 2. The molecule has 0 spiro atoms. The van der Waals surface area contributed by atoms with Gasteiger partial charge in [0.2, 0.25) is 0 Å². The van der Waals surface area contributed by atoms with Crippen LogP contribution in [0.5, 0.6) is 11.5 Å². The standard InChI is InChI=1S/C20H25NO4S.C20H24O2.V/c1-12(22)18-7-8-19-17-5-3-13-11-14(23-26-25-24-21)4-6-15(13)16(17)9-10-20(18,19)2;1-12(21)18-7-8-19-17-5-3-13-11-14(22)4-6-15(13)16(17)9-10-20(18,19)2;/h4,6-7,11,16-17,19H,3,5,8-10,21H2,1-2H3;4,6-7,11,16-17,19,22H,3,5,8-10H2,1-2H3;. The second-order valence-corrected chi connectivity index (χ2v) is 16.1. The van der Waals surface area contributed by atoms with Crippen molar-refractivity contribution in [1.82, 2.24) is 0 Å². The minimum Gasteiger partial charge on any atom is -0.508 e. The Balaban J connectivity index is 0.000000169. The van der Waals surface area contributed by atoms with Crippen LogP contribution in [0.4, 0.5) is 0 Å². The number of ketones is 2. The van der Waals surface area contributed by atoms with Gasteiger partial charge in [-0.25, -0.2) is 0 Å². The van der Waals surface area contributed by atoms with Crippen LogP contribution in [0.1, 0.15) is 113 Å². The molecule has 8 unspecified atom stereocenters. The third-order valence-corrected chi connectivity index (χ3v) is 13.9. The maximum absolute atomic E-state index is 12.1. The summed E-state index contributed by atoms with van der Waals surface area (Å²) >= 11 is 0.709. The zero-order valence-corrected chi connectivity index (χ0v) is 31.3. The maximum Gasteiger partial charge on any atom is 0.260 e. The second kappa shape index (κ2) is 14.4. The van der Waals surface area contributed by atoms with Gasteiger partial charge in [0, 0.05) is 18.6 Å². The molecule has 1 radical (unpaired) electrons. The van der Waals surface area contributed by atoms with Gasteiger partial charge >= 0.3 is 0 Å². The minimum absolute atomic E-state index is 0. The first-order valence-electron chi connectivity index (χ1n) is 17.8. The molecule has 261 valence electrons. The number of phenols is 1. The number of carbonyl (C=O) groups excluding carboxylic acids is 2. The molecule has 3 N–H and O–H groups in total. The van der Waals surface area contributed by atoms with Gasteiger partial charge in [-0.2, -0.15) is 5.90 Å². The molecule has 2 aromatic rings. The van der Waals surface area contributed by atoms with Crippen molar-refractivity contribution < 1.29 is 46.8 Å². The molecule has 0 bridgehead atoms. The van der Waals surface area contributed by atoms with Gasteiger partial charge in [-0.1, -0.05) is 38.1 Å². The molecule has 2 fully saturated rings. The fourth-order valence-electron chi connectivity index (χ4n) is 11.5. The van der Waals surface area contributed by atoms with Crippen LogP contribution in [-0.2, 0) is 50.3 Å². The van der Waals surface area contributed by atoms with Crippen LogP contribution < -0.4 is 10.1 Å². The Bertz CT molecular complexity index is 1670. The van der Waals surface area contributed by atoms with E-state index in [9.17, 15) is 14.7 Å². The summed E-state index contributed by atoms with van der Waals surface area (Å²) in [6, 6.07) is 12.2. The second-order valence-electron chi connectivity index (χ2n) is 15.6. The predicted octanol–water partition coefficient (Wildman–Crippen LogP) is 8.80. The number of hydrogen-bond donors (Lipinski definition) is 2. The molecule has 9 heteroatoms. The summed E-state index contributed by atoms with van der Waals surface area (Å²) in [6.45, 7) is 8.09. The molecule has 7 nitrogen and oxygen atoms in total. The summed E-state index contributed by atoms with van der Waals surface area (Å²) in [6.07, 6.45) is 15.6. The van der Waals surface area contributed by atoms with Gasteiger partial charge in [0.05, 0.1) is 0 Å². The van der Waals surface area contributed by atoms with E-state index in [-0.39, 0.29) is 41.0 Å². The Kier molecular flexibility index (Phi) is 10.7. The van der Waals surface area contributed by atoms with Crippen LogP contribution in [-0.4, -0.2) is 16.7 Å². The van der Waals surface area contributed by atoms with Crippen LogP contribution in [0, 0.1) is 34.5 Å². The molecule has 0 heterocycles. The average molecular weight is 723 g/mol. The minimum atomic E-state index is 0. The molecule has 0 amide bonds. The first-order valence-corrected chi connectivity index (χ1v) is 18.5. The molecular formula is C40H49NO6SV. The quantitative estimate of drug-likeness (QED) is 0.132. The van der Waals surface area contributed by atoms with Gasteiger partial charge in [0.1, 0.15) is 11.5 Å². The topological polar surface area (TPSA) is 108 Å². The smallest absolute Gasteiger partial charge is 0.260 e. The van der Waals surface area contributed by atoms with Gasteiger partial charge in [-0.05, 0) is 182 Å². The molecule has 8 rings (SSSR count). The van der Waals surface area contributed by atoms with Gasteiger partial charge in [0.15, 0.2) is 11.6 Å². The summed E-state index contributed by atoms with van der Waals surface area (Å²) in [7, 11) is 0. The van der Waals surface area contributed by atoms with Crippen molar-refractivity contribution in [3.05, 3.63) is 82.0 Å². The van der Waals surface area contributed by atoms with E-state index in [1.165, 1.54) is 41.5 Å². The molecule has 6 aliphatic rings. The van der Waals surface area contributed by atoms with Crippen molar-refractivity contribution in [3.8, 4) is 11.5 Å². The summed E-state index contributed by atoms with van der Waals surface area (Å²) in [5.74, 6) is 10.2. The predicted molar refractivity (Wildman–Crippen MR) is 187 cm³/mol. The first kappa shape index (κ1) is 36.5. The summed E-state index contributed by atoms with van der Waals surface area (Å²) in [5.41, 5.74) is 7.94. The van der Waals surface area contributed by atoms with E-state index in [1.54, 1.807) is 13.8 Å². The number of carbonyl (C=O) groups is 2. The van der Waals surface area contributed by atoms with Gasteiger partial charge < -0.3 is 9.29 Å². The van der Waals surface area contributed by atoms with E-state index in [4.69, 9.17) is 10.1 Å². The normalized spacial score (nSPS) is 33.3. The molecule has 0 aromatic heterocycles. The zero-order valence-electron chi connectivity index (χ0n) is 29.1. The van der Waals surface area contributed by atoms with Crippen molar-refractivity contribution >= 4 is 23.9 Å². The van der Waals surface area contributed by atoms with E-state index in [0.29, 0.717) is 53.6 Å². The summed E-state index contributed by atoms with van der Waals surface area (Å²) < 4.78 is 9.91. The molecule has 2 saturated carbocycles. The summed E-state index contributed by atoms with van der Waals surface area (Å²) in [5, 5.41) is 9.73. The van der Waals surface area contributed by atoms with Gasteiger partial charge in [-0.15, -0.1) is 9.32 Å². The van der Waals surface area contributed by atoms with Gasteiger partial charge in [0.25, 0.3) is 12.3 Å². The van der Waals surface area contributed by atoms with Crippen LogP contribution in [0.25, 0.3) is 0 Å². The number of aryl methyl sites for hydroxylation is 2. The molecule has 8 atom stereocenters. The molecule has 0 aliphatic heterocycles. The Morgan fingerprint density at radius 3 is 1.82 bits per heavy atom. The first-order chi connectivity index (χ1) is 23.0. The number of benzene rings is 2. The maximum atomic E-state index is 12.1. The Labute approximate surface area is 307 Å². The fourth-order valence-corrected chi connectivity index (χ4v) is 11.7. The third-order valence-electron chi connectivity index (χ3n) is 13.5. The van der Waals surface area contributed by atoms with E-state index in [1.807, 2.05) is 18.2 Å². The molecule has 0 saturated heterocycles. The van der Waals surface area contributed by atoms with Gasteiger partial charge in [-0.3, -0.25) is 9.59 Å². The molecule has 6 aliphatic carbocycles. The number of aromatic hydroxyl groups is 1. The molecular weight excluding hydrogens is 673 g/mol. The van der Waals surface area contributed by atoms with Crippen LogP contribution in [0.15, 0.2) is 59.7 Å². The largest absolute Gasteiger partial charge is 0.508 e. The van der Waals surface area contributed by atoms with E-state index in [2.05, 4.69) is 53.5 Å². The Hall–Kier alpha value is -2.33. The molecule has 2 aromatic carbocycles. The van der Waals surface area contributed by atoms with E-state index < -0.39 is 0 Å². The van der Waals surface area contributed by atoms with Crippen molar-refractivity contribution in [2.75, 3.05) is 0 Å². The van der Waals surface area contributed by atoms with Crippen molar-refractivity contribution in [2.45, 2.75) is 104 Å². The third kappa shape index (κ3) is 6.40. The Morgan fingerprint density at radius 2 is 1.31 bits per heavy atom. The zero-order chi connectivity index (χ0) is 33.8. The Morgan fingerprint density at radius 1 is 0.796 bits per heavy atom. The van der Waals surface area contributed by atoms with Crippen molar-refractivity contribution in [3.63, 3.8) is 0 Å². The summed E-state index contributed by atoms with van der Waals surface area (Å²) in [4.78, 5) is 28.1. The van der Waals surface area contributed by atoms with Crippen LogP contribution >= 0.6 is 12.3 Å². The number of hydrogen-bond acceptors (Lipinski definition) is 8. The fraction of sp³-hybridized carbons (Fsp3) is 0.550. The number of phenolic OH excluding ortho intramolecular Hbond substituents is 1. The number of rotatable bonds is 6. The van der Waals surface area contributed by atoms with E-state index >= 15 is 0 Å². The number of allylic oxidation sites excluding steroid dienone is 4. The SMILES string of the molecule is CC(=O)C1=CCC2C3CCc4cc(O)ccc4C3CCC12C.CC(=O)C1=CCC2C3CCc4cc(OSOON)ccc4C3CCC12C.[V]. The average Bonchev–Trinajstić information content (AvgIpc) is 3.62. The van der Waals surface area contributed by atoms with Crippen molar-refractivity contribution in [1.29, 1.82) is 0 Å². The number of nitrogens with two attached hydrogens (primary N) is 1.